The molecule has 2 rings (SSSR count). The Balaban J connectivity index is 1.84. The van der Waals surface area contributed by atoms with Crippen LogP contribution in [0.25, 0.3) is 0 Å². The molecule has 1 heterocycles. The minimum atomic E-state index is 0.331. The lowest BCUT2D eigenvalue weighted by molar-refractivity contribution is 0.170. The number of hydrazone groups is 1. The molecule has 0 bridgehead atoms. The van der Waals surface area contributed by atoms with Crippen LogP contribution in [0.4, 0.5) is 0 Å². The van der Waals surface area contributed by atoms with Crippen LogP contribution in [0.1, 0.15) is 5.56 Å². The van der Waals surface area contributed by atoms with Gasteiger partial charge in [-0.05, 0) is 24.1 Å². The Morgan fingerprint density at radius 2 is 2.06 bits per heavy atom. The van der Waals surface area contributed by atoms with Crippen molar-refractivity contribution in [1.82, 2.24) is 5.01 Å². The van der Waals surface area contributed by atoms with Crippen molar-refractivity contribution < 1.29 is 4.74 Å². The van der Waals surface area contributed by atoms with E-state index in [9.17, 15) is 0 Å². The summed E-state index contributed by atoms with van der Waals surface area (Å²) in [5.41, 5.74) is 1.24. The zero-order chi connectivity index (χ0) is 11.4. The van der Waals surface area contributed by atoms with Crippen LogP contribution < -0.4 is 0 Å². The van der Waals surface area contributed by atoms with Gasteiger partial charge in [0.2, 0.25) is 5.90 Å². The van der Waals surface area contributed by atoms with E-state index in [1.54, 1.807) is 0 Å². The van der Waals surface area contributed by atoms with Crippen molar-refractivity contribution in [3.8, 4) is 0 Å². The first-order chi connectivity index (χ1) is 7.78. The lowest BCUT2D eigenvalue weighted by atomic mass is 10.1. The maximum absolute atomic E-state index is 5.81. The average molecular weight is 259 g/mol. The molecule has 0 radical (unpaired) electrons. The normalized spacial score (nSPS) is 14.9. The second kappa shape index (κ2) is 5.41. The Kier molecular flexibility index (Phi) is 3.91. The van der Waals surface area contributed by atoms with Crippen LogP contribution in [0, 0.1) is 0 Å². The number of benzene rings is 1. The number of nitrogens with zero attached hydrogens (tertiary/aromatic N) is 2. The van der Waals surface area contributed by atoms with Gasteiger partial charge in [0.05, 0.1) is 0 Å². The summed E-state index contributed by atoms with van der Waals surface area (Å²) in [5, 5.41) is 6.84. The number of rotatable bonds is 4. The summed E-state index contributed by atoms with van der Waals surface area (Å²) < 4.78 is 5.25. The minimum absolute atomic E-state index is 0.331. The van der Waals surface area contributed by atoms with E-state index in [1.807, 2.05) is 29.3 Å². The van der Waals surface area contributed by atoms with Crippen LogP contribution in [0.3, 0.4) is 0 Å². The predicted molar refractivity (Wildman–Crippen MR) is 66.0 cm³/mol. The molecule has 0 amide bonds. The molecule has 3 nitrogen and oxygen atoms in total. The van der Waals surface area contributed by atoms with Crippen LogP contribution in [0.5, 0.6) is 0 Å². The van der Waals surface area contributed by atoms with Gasteiger partial charge in [0, 0.05) is 11.6 Å². The van der Waals surface area contributed by atoms with Gasteiger partial charge in [-0.25, -0.2) is 0 Å². The first-order valence-electron chi connectivity index (χ1n) is 5.03. The molecule has 1 aliphatic rings. The van der Waals surface area contributed by atoms with E-state index in [4.69, 9.17) is 27.9 Å². The predicted octanol–water partition coefficient (Wildman–Crippen LogP) is 2.72. The third kappa shape index (κ3) is 3.03. The van der Waals surface area contributed by atoms with Crippen LogP contribution in [0.2, 0.25) is 5.02 Å². The van der Waals surface area contributed by atoms with Crippen LogP contribution in [0.15, 0.2) is 29.4 Å². The molecule has 0 N–H and O–H groups in total. The maximum Gasteiger partial charge on any atom is 0.222 e. The van der Waals surface area contributed by atoms with E-state index < -0.39 is 0 Å². The zero-order valence-electron chi connectivity index (χ0n) is 8.70. The third-order valence-electron chi connectivity index (χ3n) is 2.32. The fourth-order valence-electron chi connectivity index (χ4n) is 1.45. The summed E-state index contributed by atoms with van der Waals surface area (Å²) in [7, 11) is 0. The van der Waals surface area contributed by atoms with Crippen LogP contribution >= 0.6 is 23.2 Å². The lowest BCUT2D eigenvalue weighted by Crippen LogP contribution is -2.17. The number of hydrogen-bond donors (Lipinski definition) is 0. The molecule has 0 atom stereocenters. The summed E-state index contributed by atoms with van der Waals surface area (Å²) in [6.07, 6.45) is 0.916. The van der Waals surface area contributed by atoms with Gasteiger partial charge in [0.25, 0.3) is 0 Å². The highest BCUT2D eigenvalue weighted by Crippen LogP contribution is 2.11. The summed E-state index contributed by atoms with van der Waals surface area (Å²) >= 11 is 11.4. The quantitative estimate of drug-likeness (QED) is 0.776. The number of ether oxygens (including phenoxy) is 1. The minimum Gasteiger partial charge on any atom is -0.456 e. The lowest BCUT2D eigenvalue weighted by Gasteiger charge is -2.10. The van der Waals surface area contributed by atoms with Gasteiger partial charge in [-0.1, -0.05) is 23.7 Å². The fourth-order valence-corrected chi connectivity index (χ4v) is 1.71. The molecule has 1 aromatic carbocycles. The summed E-state index contributed by atoms with van der Waals surface area (Å²) in [5.74, 6) is 0.926. The third-order valence-corrected chi connectivity index (χ3v) is 2.80. The molecule has 0 saturated heterocycles. The molecule has 86 valence electrons. The van der Waals surface area contributed by atoms with Crippen molar-refractivity contribution >= 4 is 29.1 Å². The Morgan fingerprint density at radius 1 is 1.31 bits per heavy atom. The fraction of sp³-hybridized carbons (Fsp3) is 0.364. The van der Waals surface area contributed by atoms with Gasteiger partial charge in [0.1, 0.15) is 5.88 Å². The SMILES string of the molecule is ClCC1=NN(CCc2ccc(Cl)cc2)CO1. The Bertz CT molecular complexity index is 378. The summed E-state index contributed by atoms with van der Waals surface area (Å²) in [6, 6.07) is 7.83. The van der Waals surface area contributed by atoms with Gasteiger partial charge in [0.15, 0.2) is 6.73 Å². The van der Waals surface area contributed by atoms with Gasteiger partial charge >= 0.3 is 0 Å². The highest BCUT2D eigenvalue weighted by Gasteiger charge is 2.13. The van der Waals surface area contributed by atoms with Crippen molar-refractivity contribution in [2.75, 3.05) is 19.2 Å². The molecule has 1 aliphatic heterocycles. The molecule has 0 saturated carbocycles. The molecule has 5 heteroatoms. The van der Waals surface area contributed by atoms with Crippen molar-refractivity contribution in [2.24, 2.45) is 5.10 Å². The highest BCUT2D eigenvalue weighted by atomic mass is 35.5. The molecule has 0 spiro atoms. The maximum atomic E-state index is 5.81. The molecule has 1 aromatic rings. The molecule has 16 heavy (non-hydrogen) atoms. The van der Waals surface area contributed by atoms with Gasteiger partial charge < -0.3 is 4.74 Å². The second-order valence-electron chi connectivity index (χ2n) is 3.51. The van der Waals surface area contributed by atoms with Gasteiger partial charge in [-0.15, -0.1) is 16.7 Å². The molecule has 0 fully saturated rings. The molecule has 0 aliphatic carbocycles. The van der Waals surface area contributed by atoms with E-state index in [1.165, 1.54) is 5.56 Å². The van der Waals surface area contributed by atoms with Crippen molar-refractivity contribution in [3.05, 3.63) is 34.9 Å². The topological polar surface area (TPSA) is 24.8 Å². The van der Waals surface area contributed by atoms with Crippen LogP contribution in [-0.4, -0.2) is 30.1 Å². The highest BCUT2D eigenvalue weighted by molar-refractivity contribution is 6.30. The molecule has 0 aromatic heterocycles. The summed E-state index contributed by atoms with van der Waals surface area (Å²) in [6.45, 7) is 1.32. The smallest absolute Gasteiger partial charge is 0.222 e. The number of hydrogen-bond acceptors (Lipinski definition) is 3. The van der Waals surface area contributed by atoms with Crippen molar-refractivity contribution in [3.63, 3.8) is 0 Å². The first-order valence-corrected chi connectivity index (χ1v) is 5.95. The average Bonchev–Trinajstić information content (AvgIpc) is 2.76. The van der Waals surface area contributed by atoms with E-state index in [0.29, 0.717) is 18.5 Å². The Hall–Kier alpha value is -0.930. The van der Waals surface area contributed by atoms with Crippen molar-refractivity contribution in [1.29, 1.82) is 0 Å². The monoisotopic (exact) mass is 258 g/mol. The Morgan fingerprint density at radius 3 is 2.69 bits per heavy atom. The van der Waals surface area contributed by atoms with Gasteiger partial charge in [-0.3, -0.25) is 5.01 Å². The second-order valence-corrected chi connectivity index (χ2v) is 4.21. The van der Waals surface area contributed by atoms with E-state index in [-0.39, 0.29) is 0 Å². The van der Waals surface area contributed by atoms with E-state index >= 15 is 0 Å². The molecule has 0 unspecified atom stereocenters. The van der Waals surface area contributed by atoms with Gasteiger partial charge in [-0.2, -0.15) is 0 Å². The Labute approximate surface area is 105 Å². The largest absolute Gasteiger partial charge is 0.456 e. The first kappa shape index (κ1) is 11.6. The standard InChI is InChI=1S/C11H12Cl2N2O/c12-7-11-14-15(8-16-11)6-5-9-1-3-10(13)4-2-9/h1-4H,5-8H2. The number of halogens is 2. The molecular formula is C11H12Cl2N2O. The van der Waals surface area contributed by atoms with E-state index in [2.05, 4.69) is 5.10 Å². The van der Waals surface area contributed by atoms with Crippen molar-refractivity contribution in [2.45, 2.75) is 6.42 Å². The van der Waals surface area contributed by atoms with E-state index in [0.717, 1.165) is 18.0 Å². The van der Waals surface area contributed by atoms with Crippen LogP contribution in [-0.2, 0) is 11.2 Å². The molecular weight excluding hydrogens is 247 g/mol. The zero-order valence-corrected chi connectivity index (χ0v) is 10.2. The number of alkyl halides is 1. The summed E-state index contributed by atoms with van der Waals surface area (Å²) in [4.78, 5) is 0.